The summed E-state index contributed by atoms with van der Waals surface area (Å²) in [7, 11) is 0. The standard InChI is InChI=1S/C41H83NO5/c1-3-5-7-9-11-13-14-15-16-17-18-19-20-21-22-23-24-25-27-28-30-32-34-38(44)40(46)37(36-43)42-41(47)39(45)35-33-31-29-26-12-10-8-6-4-2/h37-40,43-46H,3-36H2,1-2H3,(H,42,47). The maximum Gasteiger partial charge on any atom is 0.249 e. The van der Waals surface area contributed by atoms with Crippen LogP contribution in [0.4, 0.5) is 0 Å². The summed E-state index contributed by atoms with van der Waals surface area (Å²) in [5, 5.41) is 43.5. The highest BCUT2D eigenvalue weighted by Crippen LogP contribution is 2.17. The van der Waals surface area contributed by atoms with Crippen LogP contribution in [0.25, 0.3) is 0 Å². The molecule has 0 aliphatic heterocycles. The highest BCUT2D eigenvalue weighted by Gasteiger charge is 2.28. The average molecular weight is 670 g/mol. The van der Waals surface area contributed by atoms with Gasteiger partial charge in [-0.1, -0.05) is 213 Å². The van der Waals surface area contributed by atoms with Crippen molar-refractivity contribution < 1.29 is 25.2 Å². The lowest BCUT2D eigenvalue weighted by atomic mass is 9.99. The van der Waals surface area contributed by atoms with Gasteiger partial charge in [0.15, 0.2) is 0 Å². The number of carbonyl (C=O) groups excluding carboxylic acids is 1. The lowest BCUT2D eigenvalue weighted by Crippen LogP contribution is -2.53. The normalized spacial score (nSPS) is 14.3. The van der Waals surface area contributed by atoms with Crippen molar-refractivity contribution in [1.82, 2.24) is 5.32 Å². The van der Waals surface area contributed by atoms with E-state index in [4.69, 9.17) is 0 Å². The maximum absolute atomic E-state index is 12.4. The molecule has 0 aromatic carbocycles. The summed E-state index contributed by atoms with van der Waals surface area (Å²) in [4.78, 5) is 12.4. The maximum atomic E-state index is 12.4. The first-order chi connectivity index (χ1) is 23.0. The van der Waals surface area contributed by atoms with Crippen molar-refractivity contribution in [2.24, 2.45) is 0 Å². The zero-order chi connectivity index (χ0) is 34.6. The van der Waals surface area contributed by atoms with Crippen LogP contribution in [0.2, 0.25) is 0 Å². The second kappa shape index (κ2) is 36.6. The van der Waals surface area contributed by atoms with Gasteiger partial charge in [0, 0.05) is 0 Å². The summed E-state index contributed by atoms with van der Waals surface area (Å²) < 4.78 is 0. The molecule has 0 heterocycles. The Bertz CT molecular complexity index is 633. The molecule has 0 aliphatic carbocycles. The molecular weight excluding hydrogens is 586 g/mol. The molecule has 0 radical (unpaired) electrons. The summed E-state index contributed by atoms with van der Waals surface area (Å²) in [5.41, 5.74) is 0. The average Bonchev–Trinajstić information content (AvgIpc) is 3.07. The zero-order valence-electron chi connectivity index (χ0n) is 31.5. The van der Waals surface area contributed by atoms with Crippen molar-refractivity contribution in [3.63, 3.8) is 0 Å². The van der Waals surface area contributed by atoms with Crippen LogP contribution in [-0.4, -0.2) is 57.3 Å². The fourth-order valence-electron chi connectivity index (χ4n) is 6.70. The van der Waals surface area contributed by atoms with E-state index in [-0.39, 0.29) is 0 Å². The van der Waals surface area contributed by atoms with Crippen molar-refractivity contribution in [2.45, 2.75) is 250 Å². The molecular formula is C41H83NO5. The van der Waals surface area contributed by atoms with Crippen molar-refractivity contribution in [3.8, 4) is 0 Å². The molecule has 0 aromatic rings. The molecule has 0 aromatic heterocycles. The van der Waals surface area contributed by atoms with Gasteiger partial charge in [0.05, 0.1) is 18.8 Å². The number of hydrogen-bond donors (Lipinski definition) is 5. The smallest absolute Gasteiger partial charge is 0.249 e. The molecule has 0 spiro atoms. The van der Waals surface area contributed by atoms with Gasteiger partial charge >= 0.3 is 0 Å². The minimum Gasteiger partial charge on any atom is -0.394 e. The Morgan fingerprint density at radius 3 is 1.02 bits per heavy atom. The molecule has 282 valence electrons. The Hall–Kier alpha value is -0.690. The number of hydrogen-bond acceptors (Lipinski definition) is 5. The van der Waals surface area contributed by atoms with Crippen LogP contribution in [0.15, 0.2) is 0 Å². The van der Waals surface area contributed by atoms with Crippen molar-refractivity contribution in [2.75, 3.05) is 6.61 Å². The van der Waals surface area contributed by atoms with Crippen LogP contribution in [0.3, 0.4) is 0 Å². The topological polar surface area (TPSA) is 110 Å². The van der Waals surface area contributed by atoms with Crippen molar-refractivity contribution in [3.05, 3.63) is 0 Å². The molecule has 1 amide bonds. The summed E-state index contributed by atoms with van der Waals surface area (Å²) in [6.07, 6.45) is 37.2. The molecule has 0 fully saturated rings. The number of aliphatic hydroxyl groups excluding tert-OH is 4. The van der Waals surface area contributed by atoms with Crippen molar-refractivity contribution >= 4 is 5.91 Å². The van der Waals surface area contributed by atoms with Crippen molar-refractivity contribution in [1.29, 1.82) is 0 Å². The summed E-state index contributed by atoms with van der Waals surface area (Å²) in [6, 6.07) is -0.977. The molecule has 0 bridgehead atoms. The number of carbonyl (C=O) groups is 1. The summed E-state index contributed by atoms with van der Waals surface area (Å²) >= 11 is 0. The van der Waals surface area contributed by atoms with Crippen LogP contribution < -0.4 is 5.32 Å². The first-order valence-electron chi connectivity index (χ1n) is 20.9. The first-order valence-corrected chi connectivity index (χ1v) is 20.9. The fraction of sp³-hybridized carbons (Fsp3) is 0.976. The second-order valence-corrected chi connectivity index (χ2v) is 14.7. The van der Waals surface area contributed by atoms with Gasteiger partial charge < -0.3 is 25.7 Å². The van der Waals surface area contributed by atoms with Gasteiger partial charge in [-0.3, -0.25) is 4.79 Å². The molecule has 0 saturated heterocycles. The Morgan fingerprint density at radius 2 is 0.723 bits per heavy atom. The van der Waals surface area contributed by atoms with Crippen LogP contribution in [0, 0.1) is 0 Å². The van der Waals surface area contributed by atoms with E-state index in [0.717, 1.165) is 38.5 Å². The van der Waals surface area contributed by atoms with E-state index in [1.54, 1.807) is 0 Å². The molecule has 4 atom stereocenters. The molecule has 0 rings (SSSR count). The Morgan fingerprint density at radius 1 is 0.447 bits per heavy atom. The Balaban J connectivity index is 3.64. The Labute approximate surface area is 292 Å². The first kappa shape index (κ1) is 46.3. The summed E-state index contributed by atoms with van der Waals surface area (Å²) in [6.45, 7) is 4.03. The number of amides is 1. The number of unbranched alkanes of at least 4 members (excludes halogenated alkanes) is 29. The minimum absolute atomic E-state index is 0.373. The molecule has 4 unspecified atom stereocenters. The highest BCUT2D eigenvalue weighted by molar-refractivity contribution is 5.80. The van der Waals surface area contributed by atoms with Gasteiger partial charge in [0.25, 0.3) is 0 Å². The van der Waals surface area contributed by atoms with Gasteiger partial charge in [-0.2, -0.15) is 0 Å². The number of nitrogens with one attached hydrogen (secondary N) is 1. The third-order valence-corrected chi connectivity index (χ3v) is 10.1. The second-order valence-electron chi connectivity index (χ2n) is 14.7. The fourth-order valence-corrected chi connectivity index (χ4v) is 6.70. The van der Waals surface area contributed by atoms with E-state index in [9.17, 15) is 25.2 Å². The highest BCUT2D eigenvalue weighted by atomic mass is 16.3. The van der Waals surface area contributed by atoms with E-state index in [2.05, 4.69) is 19.2 Å². The van der Waals surface area contributed by atoms with E-state index in [0.29, 0.717) is 12.8 Å². The van der Waals surface area contributed by atoms with E-state index in [1.165, 1.54) is 161 Å². The molecule has 5 N–H and O–H groups in total. The van der Waals surface area contributed by atoms with E-state index in [1.807, 2.05) is 0 Å². The molecule has 0 saturated carbocycles. The van der Waals surface area contributed by atoms with Gasteiger partial charge in [0.1, 0.15) is 12.2 Å². The number of rotatable bonds is 38. The Kier molecular flexibility index (Phi) is 36.0. The monoisotopic (exact) mass is 670 g/mol. The minimum atomic E-state index is -1.25. The third kappa shape index (κ3) is 31.1. The van der Waals surface area contributed by atoms with Gasteiger partial charge in [0.2, 0.25) is 5.91 Å². The SMILES string of the molecule is CCCCCCCCCCCCCCCCCCCCCCCCC(O)C(O)C(CO)NC(=O)C(O)CCCCCCCCCCC. The number of aliphatic hydroxyl groups is 4. The van der Waals surface area contributed by atoms with Gasteiger partial charge in [-0.25, -0.2) is 0 Å². The van der Waals surface area contributed by atoms with E-state index < -0.39 is 36.9 Å². The van der Waals surface area contributed by atoms with Gasteiger partial charge in [-0.05, 0) is 12.8 Å². The van der Waals surface area contributed by atoms with Crippen LogP contribution >= 0.6 is 0 Å². The quantitative estimate of drug-likeness (QED) is 0.0420. The molecule has 47 heavy (non-hydrogen) atoms. The van der Waals surface area contributed by atoms with Crippen LogP contribution in [0.1, 0.15) is 226 Å². The largest absolute Gasteiger partial charge is 0.394 e. The predicted octanol–water partition coefficient (Wildman–Crippen LogP) is 10.5. The zero-order valence-corrected chi connectivity index (χ0v) is 31.5. The lowest BCUT2D eigenvalue weighted by Gasteiger charge is -2.27. The third-order valence-electron chi connectivity index (χ3n) is 10.1. The predicted molar refractivity (Wildman–Crippen MR) is 201 cm³/mol. The van der Waals surface area contributed by atoms with E-state index >= 15 is 0 Å². The molecule has 6 nitrogen and oxygen atoms in total. The van der Waals surface area contributed by atoms with Gasteiger partial charge in [-0.15, -0.1) is 0 Å². The lowest BCUT2D eigenvalue weighted by molar-refractivity contribution is -0.132. The molecule has 0 aliphatic rings. The summed E-state index contributed by atoms with van der Waals surface area (Å²) in [5.74, 6) is -0.584. The van der Waals surface area contributed by atoms with Crippen LogP contribution in [0.5, 0.6) is 0 Å². The van der Waals surface area contributed by atoms with Crippen LogP contribution in [-0.2, 0) is 4.79 Å². The molecule has 6 heteroatoms.